The molecule has 0 rings (SSSR count). The maximum absolute atomic E-state index is 11.0. The second-order valence-corrected chi connectivity index (χ2v) is 4.32. The Morgan fingerprint density at radius 2 is 1.94 bits per heavy atom. The van der Waals surface area contributed by atoms with Crippen molar-refractivity contribution < 1.29 is 9.90 Å². The average Bonchev–Trinajstić information content (AvgIpc) is 2.34. The van der Waals surface area contributed by atoms with E-state index in [1.54, 1.807) is 7.05 Å². The van der Waals surface area contributed by atoms with E-state index in [-0.39, 0.29) is 17.9 Å². The lowest BCUT2D eigenvalue weighted by atomic mass is 9.83. The van der Waals surface area contributed by atoms with Gasteiger partial charge in [0.2, 0.25) is 5.91 Å². The van der Waals surface area contributed by atoms with Gasteiger partial charge in [-0.2, -0.15) is 0 Å². The van der Waals surface area contributed by atoms with Crippen LogP contribution in [-0.4, -0.2) is 37.8 Å². The Labute approximate surface area is 98.8 Å². The average molecular weight is 230 g/mol. The summed E-state index contributed by atoms with van der Waals surface area (Å²) in [7, 11) is 1.65. The van der Waals surface area contributed by atoms with Gasteiger partial charge in [0.05, 0.1) is 0 Å². The minimum absolute atomic E-state index is 0.00696. The molecule has 4 nitrogen and oxygen atoms in total. The molecule has 0 heterocycles. The van der Waals surface area contributed by atoms with Gasteiger partial charge >= 0.3 is 0 Å². The molecule has 16 heavy (non-hydrogen) atoms. The maximum atomic E-state index is 11.0. The van der Waals surface area contributed by atoms with E-state index >= 15 is 0 Å². The number of aliphatic hydroxyl groups is 1. The molecule has 0 aromatic carbocycles. The number of hydrogen-bond acceptors (Lipinski definition) is 3. The molecular formula is C12H26N2O2. The normalized spacial score (nSPS) is 11.5. The summed E-state index contributed by atoms with van der Waals surface area (Å²) < 4.78 is 0. The van der Waals surface area contributed by atoms with Crippen LogP contribution in [0, 0.1) is 5.41 Å². The molecule has 0 aromatic heterocycles. The van der Waals surface area contributed by atoms with Gasteiger partial charge in [0.1, 0.15) is 0 Å². The summed E-state index contributed by atoms with van der Waals surface area (Å²) in [4.78, 5) is 11.0. The van der Waals surface area contributed by atoms with Crippen LogP contribution in [0.2, 0.25) is 0 Å². The van der Waals surface area contributed by atoms with Gasteiger partial charge in [0.15, 0.2) is 0 Å². The van der Waals surface area contributed by atoms with Crippen molar-refractivity contribution in [1.29, 1.82) is 0 Å². The van der Waals surface area contributed by atoms with Crippen LogP contribution >= 0.6 is 0 Å². The molecule has 0 radical (unpaired) electrons. The lowest BCUT2D eigenvalue weighted by molar-refractivity contribution is -0.120. The van der Waals surface area contributed by atoms with Gasteiger partial charge in [0.25, 0.3) is 0 Å². The Hall–Kier alpha value is -0.610. The van der Waals surface area contributed by atoms with Crippen LogP contribution in [0.15, 0.2) is 0 Å². The van der Waals surface area contributed by atoms with Crippen molar-refractivity contribution in [3.05, 3.63) is 0 Å². The maximum Gasteiger partial charge on any atom is 0.219 e. The first-order valence-corrected chi connectivity index (χ1v) is 6.16. The van der Waals surface area contributed by atoms with Crippen molar-refractivity contribution in [3.8, 4) is 0 Å². The fraction of sp³-hybridized carbons (Fsp3) is 0.917. The van der Waals surface area contributed by atoms with Crippen molar-refractivity contribution in [2.24, 2.45) is 5.41 Å². The Kier molecular flexibility index (Phi) is 8.21. The zero-order valence-corrected chi connectivity index (χ0v) is 10.8. The molecule has 0 aliphatic heterocycles. The first kappa shape index (κ1) is 15.4. The van der Waals surface area contributed by atoms with Crippen LogP contribution in [0.4, 0.5) is 0 Å². The highest BCUT2D eigenvalue weighted by Gasteiger charge is 2.24. The van der Waals surface area contributed by atoms with E-state index in [4.69, 9.17) is 0 Å². The van der Waals surface area contributed by atoms with E-state index in [2.05, 4.69) is 24.5 Å². The number of nitrogens with one attached hydrogen (secondary N) is 2. The van der Waals surface area contributed by atoms with Gasteiger partial charge in [0, 0.05) is 32.0 Å². The summed E-state index contributed by atoms with van der Waals surface area (Å²) >= 11 is 0. The zero-order chi connectivity index (χ0) is 12.4. The second kappa shape index (κ2) is 8.53. The molecule has 4 heteroatoms. The highest BCUT2D eigenvalue weighted by molar-refractivity contribution is 5.75. The first-order chi connectivity index (χ1) is 7.64. The quantitative estimate of drug-likeness (QED) is 0.516. The van der Waals surface area contributed by atoms with Crippen molar-refractivity contribution in [3.63, 3.8) is 0 Å². The predicted octanol–water partition coefficient (Wildman–Crippen LogP) is 0.901. The number of carbonyl (C=O) groups excluding carboxylic acids is 1. The number of rotatable bonds is 9. The predicted molar refractivity (Wildman–Crippen MR) is 66.3 cm³/mol. The molecule has 0 bridgehead atoms. The molecule has 1 amide bonds. The SMILES string of the molecule is CCC(CC)(CO)CNCCCC(=O)NC. The van der Waals surface area contributed by atoms with Gasteiger partial charge in [-0.3, -0.25) is 4.79 Å². The molecule has 96 valence electrons. The van der Waals surface area contributed by atoms with Crippen LogP contribution in [0.25, 0.3) is 0 Å². The minimum Gasteiger partial charge on any atom is -0.396 e. The van der Waals surface area contributed by atoms with Crippen molar-refractivity contribution in [1.82, 2.24) is 10.6 Å². The topological polar surface area (TPSA) is 61.4 Å². The third kappa shape index (κ3) is 5.47. The molecule has 0 atom stereocenters. The Morgan fingerprint density at radius 3 is 2.38 bits per heavy atom. The van der Waals surface area contributed by atoms with Crippen molar-refractivity contribution in [2.45, 2.75) is 39.5 Å². The first-order valence-electron chi connectivity index (χ1n) is 6.16. The van der Waals surface area contributed by atoms with Gasteiger partial charge in [-0.05, 0) is 25.8 Å². The molecule has 3 N–H and O–H groups in total. The third-order valence-corrected chi connectivity index (χ3v) is 3.37. The number of hydrogen-bond donors (Lipinski definition) is 3. The summed E-state index contributed by atoms with van der Waals surface area (Å²) in [6, 6.07) is 0. The fourth-order valence-electron chi connectivity index (χ4n) is 1.63. The molecule has 0 unspecified atom stereocenters. The van der Waals surface area contributed by atoms with Crippen LogP contribution in [0.3, 0.4) is 0 Å². The second-order valence-electron chi connectivity index (χ2n) is 4.32. The molecule has 0 aliphatic carbocycles. The summed E-state index contributed by atoms with van der Waals surface area (Å²) in [5.41, 5.74) is 0.00696. The molecular weight excluding hydrogens is 204 g/mol. The van der Waals surface area contributed by atoms with E-state index in [0.717, 1.165) is 32.4 Å². The highest BCUT2D eigenvalue weighted by Crippen LogP contribution is 2.24. The summed E-state index contributed by atoms with van der Waals surface area (Å²) in [5, 5.41) is 15.3. The van der Waals surface area contributed by atoms with Crippen molar-refractivity contribution >= 4 is 5.91 Å². The number of carbonyl (C=O) groups is 1. The Bertz CT molecular complexity index is 183. The lowest BCUT2D eigenvalue weighted by Crippen LogP contribution is -2.37. The van der Waals surface area contributed by atoms with Crippen molar-refractivity contribution in [2.75, 3.05) is 26.7 Å². The van der Waals surface area contributed by atoms with Crippen LogP contribution in [-0.2, 0) is 4.79 Å². The van der Waals surface area contributed by atoms with Crippen LogP contribution in [0.1, 0.15) is 39.5 Å². The lowest BCUT2D eigenvalue weighted by Gasteiger charge is -2.29. The summed E-state index contributed by atoms with van der Waals surface area (Å²) in [6.45, 7) is 6.08. The Balaban J connectivity index is 3.67. The fourth-order valence-corrected chi connectivity index (χ4v) is 1.63. The number of amides is 1. The van der Waals surface area contributed by atoms with Gasteiger partial charge in [-0.15, -0.1) is 0 Å². The molecule has 0 saturated heterocycles. The third-order valence-electron chi connectivity index (χ3n) is 3.37. The van der Waals surface area contributed by atoms with E-state index in [9.17, 15) is 9.90 Å². The monoisotopic (exact) mass is 230 g/mol. The number of aliphatic hydroxyl groups excluding tert-OH is 1. The van der Waals surface area contributed by atoms with E-state index in [1.807, 2.05) is 0 Å². The zero-order valence-electron chi connectivity index (χ0n) is 10.8. The van der Waals surface area contributed by atoms with Gasteiger partial charge < -0.3 is 15.7 Å². The van der Waals surface area contributed by atoms with Crippen LogP contribution in [0.5, 0.6) is 0 Å². The smallest absolute Gasteiger partial charge is 0.219 e. The largest absolute Gasteiger partial charge is 0.396 e. The summed E-state index contributed by atoms with van der Waals surface area (Å²) in [5.74, 6) is 0.0844. The summed E-state index contributed by atoms with van der Waals surface area (Å²) in [6.07, 6.45) is 3.35. The van der Waals surface area contributed by atoms with Gasteiger partial charge in [-0.25, -0.2) is 0 Å². The van der Waals surface area contributed by atoms with E-state index < -0.39 is 0 Å². The molecule has 0 fully saturated rings. The molecule has 0 spiro atoms. The van der Waals surface area contributed by atoms with Gasteiger partial charge in [-0.1, -0.05) is 13.8 Å². The molecule has 0 aliphatic rings. The molecule has 0 saturated carbocycles. The Morgan fingerprint density at radius 1 is 1.31 bits per heavy atom. The minimum atomic E-state index is 0.00696. The standard InChI is InChI=1S/C12H26N2O2/c1-4-12(5-2,10-15)9-14-8-6-7-11(16)13-3/h14-15H,4-10H2,1-3H3,(H,13,16). The van der Waals surface area contributed by atoms with Crippen LogP contribution < -0.4 is 10.6 Å². The molecule has 0 aromatic rings. The van der Waals surface area contributed by atoms with E-state index in [1.165, 1.54) is 0 Å². The highest BCUT2D eigenvalue weighted by atomic mass is 16.3. The van der Waals surface area contributed by atoms with E-state index in [0.29, 0.717) is 6.42 Å².